The quantitative estimate of drug-likeness (QED) is 0.730. The summed E-state index contributed by atoms with van der Waals surface area (Å²) in [5.74, 6) is -1.47. The molecule has 1 atom stereocenters. The SMILES string of the molecule is OC(c1cc(Cl)ccc1F)c1ccc(Br)c(Cl)c1F. The van der Waals surface area contributed by atoms with E-state index in [9.17, 15) is 13.9 Å². The van der Waals surface area contributed by atoms with E-state index in [1.807, 2.05) is 0 Å². The Hall–Kier alpha value is -0.680. The highest BCUT2D eigenvalue weighted by Gasteiger charge is 2.21. The molecule has 2 aromatic carbocycles. The molecule has 2 aromatic rings. The number of hydrogen-bond acceptors (Lipinski definition) is 1. The van der Waals surface area contributed by atoms with Crippen LogP contribution in [-0.4, -0.2) is 5.11 Å². The van der Waals surface area contributed by atoms with E-state index in [1.165, 1.54) is 24.3 Å². The third-order valence-electron chi connectivity index (χ3n) is 2.61. The standard InChI is InChI=1S/C13H7BrCl2F2O/c14-9-3-2-7(12(18)11(9)16)13(19)8-5-6(15)1-4-10(8)17/h1-5,13,19H. The molecule has 0 saturated carbocycles. The third-order valence-corrected chi connectivity index (χ3v) is 4.11. The van der Waals surface area contributed by atoms with Crippen molar-refractivity contribution in [2.24, 2.45) is 0 Å². The first-order valence-corrected chi connectivity index (χ1v) is 6.73. The zero-order chi connectivity index (χ0) is 14.2. The Morgan fingerprint density at radius 3 is 2.42 bits per heavy atom. The number of aliphatic hydroxyl groups is 1. The predicted molar refractivity (Wildman–Crippen MR) is 74.6 cm³/mol. The van der Waals surface area contributed by atoms with Crippen molar-refractivity contribution < 1.29 is 13.9 Å². The van der Waals surface area contributed by atoms with Gasteiger partial charge in [0.1, 0.15) is 17.7 Å². The van der Waals surface area contributed by atoms with Crippen molar-refractivity contribution in [2.45, 2.75) is 6.10 Å². The summed E-state index contributed by atoms with van der Waals surface area (Å²) in [6, 6.07) is 6.51. The molecule has 100 valence electrons. The summed E-state index contributed by atoms with van der Waals surface area (Å²) in [7, 11) is 0. The van der Waals surface area contributed by atoms with E-state index in [0.29, 0.717) is 4.47 Å². The molecule has 0 aliphatic rings. The van der Waals surface area contributed by atoms with E-state index >= 15 is 0 Å². The normalized spacial score (nSPS) is 12.5. The van der Waals surface area contributed by atoms with Gasteiger partial charge >= 0.3 is 0 Å². The Balaban J connectivity index is 2.53. The van der Waals surface area contributed by atoms with Crippen LogP contribution in [0.25, 0.3) is 0 Å². The van der Waals surface area contributed by atoms with Gasteiger partial charge in [-0.2, -0.15) is 0 Å². The molecule has 0 aromatic heterocycles. The van der Waals surface area contributed by atoms with Crippen LogP contribution in [-0.2, 0) is 0 Å². The second kappa shape index (κ2) is 5.75. The van der Waals surface area contributed by atoms with Crippen LogP contribution in [0.4, 0.5) is 8.78 Å². The lowest BCUT2D eigenvalue weighted by atomic mass is 10.0. The molecule has 1 unspecified atom stereocenters. The van der Waals surface area contributed by atoms with Crippen molar-refractivity contribution in [3.05, 3.63) is 67.6 Å². The van der Waals surface area contributed by atoms with Crippen LogP contribution in [0.15, 0.2) is 34.8 Å². The Bertz CT molecular complexity index is 634. The summed E-state index contributed by atoms with van der Waals surface area (Å²) in [5, 5.41) is 10.2. The molecular formula is C13H7BrCl2F2O. The maximum atomic E-state index is 14.0. The number of hydrogen-bond donors (Lipinski definition) is 1. The van der Waals surface area contributed by atoms with Gasteiger partial charge in [-0.3, -0.25) is 0 Å². The van der Waals surface area contributed by atoms with Gasteiger partial charge in [-0.1, -0.05) is 29.3 Å². The van der Waals surface area contributed by atoms with Gasteiger partial charge in [-0.15, -0.1) is 0 Å². The van der Waals surface area contributed by atoms with E-state index in [2.05, 4.69) is 15.9 Å². The highest BCUT2D eigenvalue weighted by atomic mass is 79.9. The monoisotopic (exact) mass is 366 g/mol. The van der Waals surface area contributed by atoms with Crippen LogP contribution in [0.2, 0.25) is 10.0 Å². The average Bonchev–Trinajstić information content (AvgIpc) is 2.38. The van der Waals surface area contributed by atoms with Crippen LogP contribution in [0.1, 0.15) is 17.2 Å². The summed E-state index contributed by atoms with van der Waals surface area (Å²) in [6.07, 6.45) is -1.48. The molecule has 6 heteroatoms. The van der Waals surface area contributed by atoms with Gasteiger partial charge in [0.2, 0.25) is 0 Å². The van der Waals surface area contributed by atoms with E-state index in [4.69, 9.17) is 23.2 Å². The molecule has 0 fully saturated rings. The van der Waals surface area contributed by atoms with E-state index in [0.717, 1.165) is 6.07 Å². The van der Waals surface area contributed by atoms with Crippen molar-refractivity contribution >= 4 is 39.1 Å². The van der Waals surface area contributed by atoms with Gasteiger partial charge in [0, 0.05) is 20.6 Å². The molecular weight excluding hydrogens is 361 g/mol. The van der Waals surface area contributed by atoms with Crippen LogP contribution < -0.4 is 0 Å². The zero-order valence-electron chi connectivity index (χ0n) is 9.30. The minimum atomic E-state index is -1.48. The Morgan fingerprint density at radius 2 is 1.74 bits per heavy atom. The third kappa shape index (κ3) is 2.92. The highest BCUT2D eigenvalue weighted by molar-refractivity contribution is 9.10. The molecule has 0 amide bonds. The maximum Gasteiger partial charge on any atom is 0.149 e. The Kier molecular flexibility index (Phi) is 4.46. The Labute approximate surface area is 126 Å². The molecule has 0 aliphatic carbocycles. The van der Waals surface area contributed by atoms with Crippen LogP contribution in [0.5, 0.6) is 0 Å². The second-order valence-electron chi connectivity index (χ2n) is 3.83. The second-order valence-corrected chi connectivity index (χ2v) is 5.50. The molecule has 0 saturated heterocycles. The first kappa shape index (κ1) is 14.7. The maximum absolute atomic E-state index is 14.0. The van der Waals surface area contributed by atoms with Crippen molar-refractivity contribution in [2.75, 3.05) is 0 Å². The number of aliphatic hydroxyl groups excluding tert-OH is 1. The fraction of sp³-hybridized carbons (Fsp3) is 0.0769. The smallest absolute Gasteiger partial charge is 0.149 e. The summed E-state index contributed by atoms with van der Waals surface area (Å²) >= 11 is 14.5. The van der Waals surface area contributed by atoms with Crippen molar-refractivity contribution in [1.29, 1.82) is 0 Å². The van der Waals surface area contributed by atoms with Gasteiger partial charge < -0.3 is 5.11 Å². The molecule has 2 rings (SSSR count). The van der Waals surface area contributed by atoms with Gasteiger partial charge in [0.05, 0.1) is 5.02 Å². The number of rotatable bonds is 2. The first-order valence-electron chi connectivity index (χ1n) is 5.18. The van der Waals surface area contributed by atoms with Gasteiger partial charge in [0.25, 0.3) is 0 Å². The van der Waals surface area contributed by atoms with Crippen LogP contribution in [0.3, 0.4) is 0 Å². The van der Waals surface area contributed by atoms with Crippen LogP contribution in [0, 0.1) is 11.6 Å². The number of benzene rings is 2. The molecule has 0 radical (unpaired) electrons. The van der Waals surface area contributed by atoms with Crippen molar-refractivity contribution in [3.63, 3.8) is 0 Å². The average molecular weight is 368 g/mol. The van der Waals surface area contributed by atoms with Gasteiger partial charge in [0.15, 0.2) is 0 Å². The lowest BCUT2D eigenvalue weighted by molar-refractivity contribution is 0.210. The minimum Gasteiger partial charge on any atom is -0.383 e. The summed E-state index contributed by atoms with van der Waals surface area (Å²) in [4.78, 5) is 0. The molecule has 0 bridgehead atoms. The molecule has 1 nitrogen and oxygen atoms in total. The van der Waals surface area contributed by atoms with Gasteiger partial charge in [-0.05, 0) is 40.2 Å². The minimum absolute atomic E-state index is 0.107. The van der Waals surface area contributed by atoms with Crippen molar-refractivity contribution in [1.82, 2.24) is 0 Å². The molecule has 0 aliphatic heterocycles. The first-order chi connectivity index (χ1) is 8.91. The summed E-state index contributed by atoms with van der Waals surface area (Å²) < 4.78 is 27.9. The Morgan fingerprint density at radius 1 is 1.05 bits per heavy atom. The summed E-state index contributed by atoms with van der Waals surface area (Å²) in [6.45, 7) is 0. The lowest BCUT2D eigenvalue weighted by Gasteiger charge is -2.14. The molecule has 0 spiro atoms. The van der Waals surface area contributed by atoms with Gasteiger partial charge in [-0.25, -0.2) is 8.78 Å². The van der Waals surface area contributed by atoms with Crippen molar-refractivity contribution in [3.8, 4) is 0 Å². The topological polar surface area (TPSA) is 20.2 Å². The summed E-state index contributed by atoms with van der Waals surface area (Å²) in [5.41, 5.74) is -0.223. The fourth-order valence-electron chi connectivity index (χ4n) is 1.64. The molecule has 0 heterocycles. The zero-order valence-corrected chi connectivity index (χ0v) is 12.4. The largest absolute Gasteiger partial charge is 0.383 e. The molecule has 19 heavy (non-hydrogen) atoms. The molecule has 1 N–H and O–H groups in total. The fourth-order valence-corrected chi connectivity index (χ4v) is 2.30. The predicted octanol–water partition coefficient (Wildman–Crippen LogP) is 5.12. The van der Waals surface area contributed by atoms with Crippen LogP contribution >= 0.6 is 39.1 Å². The van der Waals surface area contributed by atoms with E-state index in [-0.39, 0.29) is 21.2 Å². The lowest BCUT2D eigenvalue weighted by Crippen LogP contribution is -2.05. The van der Waals surface area contributed by atoms with E-state index < -0.39 is 17.7 Å². The number of halogens is 5. The van der Waals surface area contributed by atoms with E-state index in [1.54, 1.807) is 0 Å². The highest BCUT2D eigenvalue weighted by Crippen LogP contribution is 2.34.